The first-order chi connectivity index (χ1) is 7.13. The van der Waals surface area contributed by atoms with E-state index in [0.29, 0.717) is 19.5 Å². The summed E-state index contributed by atoms with van der Waals surface area (Å²) in [6.07, 6.45) is 1.44. The van der Waals surface area contributed by atoms with Gasteiger partial charge in [-0.05, 0) is 13.5 Å². The summed E-state index contributed by atoms with van der Waals surface area (Å²) in [5.41, 5.74) is 0. The Morgan fingerprint density at radius 2 is 2.07 bits per heavy atom. The largest absolute Gasteiger partial charge is 0.469 e. The van der Waals surface area contributed by atoms with E-state index in [1.54, 1.807) is 0 Å². The maximum Gasteiger partial charge on any atom is 0.306 e. The van der Waals surface area contributed by atoms with Gasteiger partial charge in [0.1, 0.15) is 0 Å². The van der Waals surface area contributed by atoms with Crippen LogP contribution < -0.4 is 0 Å². The number of likely N-dealkylation sites (tertiary alicyclic amines) is 1. The first kappa shape index (κ1) is 12.0. The third-order valence-electron chi connectivity index (χ3n) is 2.54. The van der Waals surface area contributed by atoms with Crippen molar-refractivity contribution in [3.8, 4) is 0 Å². The molecule has 0 N–H and O–H groups in total. The zero-order chi connectivity index (χ0) is 11.3. The highest BCUT2D eigenvalue weighted by Gasteiger charge is 2.20. The Hall–Kier alpha value is -1.10. The average molecular weight is 214 g/mol. The minimum Gasteiger partial charge on any atom is -0.469 e. The number of carbonyl (C=O) groups is 2. The predicted octanol–water partition coefficient (Wildman–Crippen LogP) is -0.286. The predicted molar refractivity (Wildman–Crippen MR) is 55.3 cm³/mol. The molecule has 1 heterocycles. The normalized spacial score (nSPS) is 15.0. The molecular weight excluding hydrogens is 196 g/mol. The highest BCUT2D eigenvalue weighted by atomic mass is 16.5. The molecular formula is C10H18N2O3. The van der Waals surface area contributed by atoms with E-state index in [9.17, 15) is 9.59 Å². The third-order valence-corrected chi connectivity index (χ3v) is 2.54. The molecule has 0 saturated carbocycles. The Kier molecular flexibility index (Phi) is 4.55. The zero-order valence-corrected chi connectivity index (χ0v) is 9.36. The second kappa shape index (κ2) is 5.70. The van der Waals surface area contributed by atoms with Crippen molar-refractivity contribution in [2.24, 2.45) is 0 Å². The van der Waals surface area contributed by atoms with Crippen LogP contribution in [-0.4, -0.2) is 62.0 Å². The van der Waals surface area contributed by atoms with Crippen LogP contribution in [0.2, 0.25) is 0 Å². The van der Waals surface area contributed by atoms with E-state index < -0.39 is 0 Å². The maximum atomic E-state index is 11.5. The smallest absolute Gasteiger partial charge is 0.306 e. The van der Waals surface area contributed by atoms with Gasteiger partial charge in [-0.2, -0.15) is 0 Å². The van der Waals surface area contributed by atoms with E-state index in [4.69, 9.17) is 0 Å². The van der Waals surface area contributed by atoms with Crippen LogP contribution in [0.3, 0.4) is 0 Å². The van der Waals surface area contributed by atoms with Gasteiger partial charge in [0, 0.05) is 19.6 Å². The molecule has 0 unspecified atom stereocenters. The van der Waals surface area contributed by atoms with Gasteiger partial charge in [-0.3, -0.25) is 14.5 Å². The molecule has 5 nitrogen and oxygen atoms in total. The van der Waals surface area contributed by atoms with Crippen LogP contribution in [-0.2, 0) is 14.3 Å². The van der Waals surface area contributed by atoms with Gasteiger partial charge in [-0.15, -0.1) is 0 Å². The molecule has 0 spiro atoms. The molecule has 0 aromatic heterocycles. The summed E-state index contributed by atoms with van der Waals surface area (Å²) in [7, 11) is 3.20. The molecule has 0 aromatic rings. The molecule has 1 amide bonds. The molecule has 1 aliphatic heterocycles. The lowest BCUT2D eigenvalue weighted by atomic mass is 10.2. The number of esters is 1. The summed E-state index contributed by atoms with van der Waals surface area (Å²) in [5, 5.41) is 0. The Bertz CT molecular complexity index is 239. The third kappa shape index (κ3) is 3.87. The number of amides is 1. The quantitative estimate of drug-likeness (QED) is 0.590. The van der Waals surface area contributed by atoms with Crippen molar-refractivity contribution in [2.75, 3.05) is 40.3 Å². The number of carbonyl (C=O) groups excluding carboxylic acids is 2. The first-order valence-electron chi connectivity index (χ1n) is 5.16. The van der Waals surface area contributed by atoms with E-state index in [0.717, 1.165) is 19.5 Å². The van der Waals surface area contributed by atoms with Gasteiger partial charge in [-0.25, -0.2) is 0 Å². The second-order valence-corrected chi connectivity index (χ2v) is 3.80. The molecule has 86 valence electrons. The first-order valence-corrected chi connectivity index (χ1v) is 5.16. The fourth-order valence-corrected chi connectivity index (χ4v) is 1.36. The van der Waals surface area contributed by atoms with Crippen LogP contribution in [0, 0.1) is 0 Å². The van der Waals surface area contributed by atoms with E-state index in [-0.39, 0.29) is 11.9 Å². The second-order valence-electron chi connectivity index (χ2n) is 3.80. The van der Waals surface area contributed by atoms with E-state index >= 15 is 0 Å². The van der Waals surface area contributed by atoms with Crippen molar-refractivity contribution < 1.29 is 14.3 Å². The van der Waals surface area contributed by atoms with Gasteiger partial charge in [0.25, 0.3) is 0 Å². The van der Waals surface area contributed by atoms with Crippen molar-refractivity contribution in [3.05, 3.63) is 0 Å². The highest BCUT2D eigenvalue weighted by molar-refractivity contribution is 5.79. The number of rotatable bonds is 5. The molecule has 5 heteroatoms. The molecule has 1 aliphatic rings. The fraction of sp³-hybridized carbons (Fsp3) is 0.800. The molecule has 0 bridgehead atoms. The topological polar surface area (TPSA) is 49.9 Å². The molecule has 0 aliphatic carbocycles. The summed E-state index contributed by atoms with van der Waals surface area (Å²) < 4.78 is 4.52. The van der Waals surface area contributed by atoms with Crippen LogP contribution in [0.25, 0.3) is 0 Å². The molecule has 0 radical (unpaired) electrons. The van der Waals surface area contributed by atoms with Crippen molar-refractivity contribution in [1.82, 2.24) is 9.80 Å². The molecule has 15 heavy (non-hydrogen) atoms. The number of ether oxygens (including phenoxy) is 1. The maximum absolute atomic E-state index is 11.5. The van der Waals surface area contributed by atoms with Crippen LogP contribution in [0.1, 0.15) is 12.8 Å². The Morgan fingerprint density at radius 3 is 2.53 bits per heavy atom. The number of likely N-dealkylation sites (N-methyl/N-ethyl adjacent to an activating group) is 1. The Labute approximate surface area is 90.0 Å². The minimum absolute atomic E-state index is 0.147. The minimum atomic E-state index is -0.238. The summed E-state index contributed by atoms with van der Waals surface area (Å²) >= 11 is 0. The lowest BCUT2D eigenvalue weighted by Gasteiger charge is -2.32. The van der Waals surface area contributed by atoms with Crippen LogP contribution in [0.5, 0.6) is 0 Å². The molecule has 1 fully saturated rings. The number of hydrogen-bond donors (Lipinski definition) is 0. The zero-order valence-electron chi connectivity index (χ0n) is 9.36. The molecule has 0 aromatic carbocycles. The van der Waals surface area contributed by atoms with Crippen molar-refractivity contribution in [2.45, 2.75) is 12.8 Å². The van der Waals surface area contributed by atoms with Crippen LogP contribution >= 0.6 is 0 Å². The van der Waals surface area contributed by atoms with Crippen molar-refractivity contribution in [3.63, 3.8) is 0 Å². The average Bonchev–Trinajstić information content (AvgIpc) is 2.11. The number of hydrogen-bond acceptors (Lipinski definition) is 4. The van der Waals surface area contributed by atoms with Crippen molar-refractivity contribution >= 4 is 11.9 Å². The van der Waals surface area contributed by atoms with E-state index in [1.165, 1.54) is 7.11 Å². The van der Waals surface area contributed by atoms with E-state index in [1.807, 2.05) is 16.8 Å². The van der Waals surface area contributed by atoms with Gasteiger partial charge >= 0.3 is 5.97 Å². The van der Waals surface area contributed by atoms with E-state index in [2.05, 4.69) is 4.74 Å². The fourth-order valence-electron chi connectivity index (χ4n) is 1.36. The number of methoxy groups -OCH3 is 1. The standard InChI is InChI=1S/C10H18N2O3/c1-11(7-4-10(14)15-2)8-9(13)12-5-3-6-12/h3-8H2,1-2H3. The Balaban J connectivity index is 2.14. The van der Waals surface area contributed by atoms with Gasteiger partial charge in [-0.1, -0.05) is 0 Å². The van der Waals surface area contributed by atoms with Gasteiger partial charge < -0.3 is 9.64 Å². The summed E-state index contributed by atoms with van der Waals surface area (Å²) in [6, 6.07) is 0. The van der Waals surface area contributed by atoms with Crippen molar-refractivity contribution in [1.29, 1.82) is 0 Å². The monoisotopic (exact) mass is 214 g/mol. The SMILES string of the molecule is COC(=O)CCN(C)CC(=O)N1CCC1. The summed E-state index contributed by atoms with van der Waals surface area (Å²) in [4.78, 5) is 26.0. The molecule has 1 saturated heterocycles. The number of nitrogens with zero attached hydrogens (tertiary/aromatic N) is 2. The molecule has 0 atom stereocenters. The summed E-state index contributed by atoms with van der Waals surface area (Å²) in [5.74, 6) is -0.0909. The van der Waals surface area contributed by atoms with Crippen LogP contribution in [0.4, 0.5) is 0 Å². The highest BCUT2D eigenvalue weighted by Crippen LogP contribution is 2.06. The van der Waals surface area contributed by atoms with Gasteiger partial charge in [0.2, 0.25) is 5.91 Å². The lowest BCUT2D eigenvalue weighted by Crippen LogP contribution is -2.46. The van der Waals surface area contributed by atoms with Gasteiger partial charge in [0.05, 0.1) is 20.1 Å². The van der Waals surface area contributed by atoms with Gasteiger partial charge in [0.15, 0.2) is 0 Å². The molecule has 1 rings (SSSR count). The summed E-state index contributed by atoms with van der Waals surface area (Å²) in [6.45, 7) is 2.70. The Morgan fingerprint density at radius 1 is 1.40 bits per heavy atom. The lowest BCUT2D eigenvalue weighted by molar-refractivity contribution is -0.142. The van der Waals surface area contributed by atoms with Crippen LogP contribution in [0.15, 0.2) is 0 Å².